The fraction of sp³-hybridized carbons (Fsp3) is 0.375. The van der Waals surface area contributed by atoms with Crippen molar-refractivity contribution >= 4 is 0 Å². The Morgan fingerprint density at radius 3 is 2.80 bits per heavy atom. The second kappa shape index (κ2) is 6.88. The zero-order valence-electron chi connectivity index (χ0n) is 12.1. The van der Waals surface area contributed by atoms with Gasteiger partial charge in [-0.15, -0.1) is 0 Å². The maximum Gasteiger partial charge on any atom is 0.139 e. The molecule has 0 spiro atoms. The fourth-order valence-electron chi connectivity index (χ4n) is 2.27. The summed E-state index contributed by atoms with van der Waals surface area (Å²) in [6.45, 7) is 8.39. The molecule has 0 aliphatic rings. The minimum Gasteiger partial charge on any atom is -0.330 e. The molecule has 4 nitrogen and oxygen atoms in total. The summed E-state index contributed by atoms with van der Waals surface area (Å²) in [6.07, 6.45) is 3.81. The van der Waals surface area contributed by atoms with Crippen molar-refractivity contribution in [2.45, 2.75) is 20.4 Å². The van der Waals surface area contributed by atoms with Crippen LogP contribution in [0.2, 0.25) is 0 Å². The molecule has 0 amide bonds. The Balaban J connectivity index is 2.18. The number of aromatic nitrogens is 2. The number of benzene rings is 1. The maximum absolute atomic E-state index is 8.98. The first-order chi connectivity index (χ1) is 9.78. The van der Waals surface area contributed by atoms with E-state index < -0.39 is 0 Å². The first-order valence-electron chi connectivity index (χ1n) is 7.02. The molecule has 0 saturated heterocycles. The lowest BCUT2D eigenvalue weighted by molar-refractivity contribution is 0.291. The third-order valence-corrected chi connectivity index (χ3v) is 3.52. The molecule has 20 heavy (non-hydrogen) atoms. The van der Waals surface area contributed by atoms with E-state index in [0.717, 1.165) is 37.6 Å². The van der Waals surface area contributed by atoms with Crippen molar-refractivity contribution in [3.63, 3.8) is 0 Å². The lowest BCUT2D eigenvalue weighted by Crippen LogP contribution is -2.27. The van der Waals surface area contributed by atoms with Crippen LogP contribution in [0, 0.1) is 11.3 Å². The van der Waals surface area contributed by atoms with E-state index in [1.807, 2.05) is 36.7 Å². The largest absolute Gasteiger partial charge is 0.330 e. The van der Waals surface area contributed by atoms with Gasteiger partial charge in [-0.1, -0.05) is 26.0 Å². The first-order valence-corrected chi connectivity index (χ1v) is 7.02. The Bertz CT molecular complexity index is 591. The predicted octanol–water partition coefficient (Wildman–Crippen LogP) is 2.76. The Hall–Kier alpha value is -2.12. The molecule has 104 valence electrons. The lowest BCUT2D eigenvalue weighted by Gasteiger charge is -2.18. The SMILES string of the molecule is CCN(CC)CCn1ccnc1-c1cccc(C#N)c1. The summed E-state index contributed by atoms with van der Waals surface area (Å²) in [6, 6.07) is 9.77. The van der Waals surface area contributed by atoms with Gasteiger partial charge >= 0.3 is 0 Å². The van der Waals surface area contributed by atoms with Crippen LogP contribution in [0.25, 0.3) is 11.4 Å². The van der Waals surface area contributed by atoms with Gasteiger partial charge in [-0.2, -0.15) is 5.26 Å². The molecule has 1 aromatic carbocycles. The molecule has 0 aliphatic heterocycles. The summed E-state index contributed by atoms with van der Waals surface area (Å²) in [7, 11) is 0. The molecule has 0 aliphatic carbocycles. The predicted molar refractivity (Wildman–Crippen MR) is 80.2 cm³/mol. The van der Waals surface area contributed by atoms with E-state index in [2.05, 4.69) is 34.4 Å². The van der Waals surface area contributed by atoms with Gasteiger partial charge in [0, 0.05) is 31.0 Å². The zero-order valence-corrected chi connectivity index (χ0v) is 12.1. The van der Waals surface area contributed by atoms with Gasteiger partial charge in [-0.25, -0.2) is 4.98 Å². The third kappa shape index (κ3) is 3.25. The highest BCUT2D eigenvalue weighted by Gasteiger charge is 2.07. The highest BCUT2D eigenvalue weighted by Crippen LogP contribution is 2.18. The average molecular weight is 268 g/mol. The van der Waals surface area contributed by atoms with Gasteiger partial charge < -0.3 is 9.47 Å². The van der Waals surface area contributed by atoms with Gasteiger partial charge in [0.15, 0.2) is 0 Å². The molecular weight excluding hydrogens is 248 g/mol. The van der Waals surface area contributed by atoms with Crippen LogP contribution in [0.1, 0.15) is 19.4 Å². The molecule has 4 heteroatoms. The summed E-state index contributed by atoms with van der Waals surface area (Å²) in [5.74, 6) is 0.925. The van der Waals surface area contributed by atoms with Crippen molar-refractivity contribution in [1.82, 2.24) is 14.5 Å². The van der Waals surface area contributed by atoms with E-state index in [9.17, 15) is 0 Å². The van der Waals surface area contributed by atoms with Crippen LogP contribution in [0.4, 0.5) is 0 Å². The lowest BCUT2D eigenvalue weighted by atomic mass is 10.1. The number of imidazole rings is 1. The number of hydrogen-bond acceptors (Lipinski definition) is 3. The Kier molecular flexibility index (Phi) is 4.91. The molecule has 0 saturated carbocycles. The van der Waals surface area contributed by atoms with Crippen LogP contribution < -0.4 is 0 Å². The summed E-state index contributed by atoms with van der Waals surface area (Å²) >= 11 is 0. The van der Waals surface area contributed by atoms with Crippen LogP contribution >= 0.6 is 0 Å². The topological polar surface area (TPSA) is 44.9 Å². The fourth-order valence-corrected chi connectivity index (χ4v) is 2.27. The van der Waals surface area contributed by atoms with Crippen molar-refractivity contribution in [3.8, 4) is 17.5 Å². The molecule has 0 fully saturated rings. The first kappa shape index (κ1) is 14.3. The molecule has 0 N–H and O–H groups in total. The van der Waals surface area contributed by atoms with E-state index in [1.54, 1.807) is 0 Å². The normalized spacial score (nSPS) is 10.7. The van der Waals surface area contributed by atoms with Crippen molar-refractivity contribution in [3.05, 3.63) is 42.2 Å². The molecule has 0 radical (unpaired) electrons. The van der Waals surface area contributed by atoms with Crippen LogP contribution in [0.5, 0.6) is 0 Å². The summed E-state index contributed by atoms with van der Waals surface area (Å²) < 4.78 is 2.15. The van der Waals surface area contributed by atoms with Crippen LogP contribution in [0.15, 0.2) is 36.7 Å². The van der Waals surface area contributed by atoms with Gasteiger partial charge in [0.2, 0.25) is 0 Å². The number of nitriles is 1. The van der Waals surface area contributed by atoms with E-state index in [4.69, 9.17) is 5.26 Å². The van der Waals surface area contributed by atoms with E-state index in [0.29, 0.717) is 5.56 Å². The Labute approximate surface area is 120 Å². The minimum absolute atomic E-state index is 0.667. The highest BCUT2D eigenvalue weighted by molar-refractivity contribution is 5.58. The average Bonchev–Trinajstić information content (AvgIpc) is 2.97. The van der Waals surface area contributed by atoms with Gasteiger partial charge in [-0.05, 0) is 25.2 Å². The summed E-state index contributed by atoms with van der Waals surface area (Å²) in [5.41, 5.74) is 1.66. The van der Waals surface area contributed by atoms with Crippen LogP contribution in [-0.4, -0.2) is 34.1 Å². The minimum atomic E-state index is 0.667. The monoisotopic (exact) mass is 268 g/mol. The molecule has 0 bridgehead atoms. The van der Waals surface area contributed by atoms with E-state index >= 15 is 0 Å². The van der Waals surface area contributed by atoms with Gasteiger partial charge in [-0.3, -0.25) is 0 Å². The number of rotatable bonds is 6. The van der Waals surface area contributed by atoms with Gasteiger partial charge in [0.25, 0.3) is 0 Å². The van der Waals surface area contributed by atoms with Crippen molar-refractivity contribution < 1.29 is 0 Å². The maximum atomic E-state index is 8.98. The third-order valence-electron chi connectivity index (χ3n) is 3.52. The number of nitrogens with zero attached hydrogens (tertiary/aromatic N) is 4. The van der Waals surface area contributed by atoms with Crippen LogP contribution in [0.3, 0.4) is 0 Å². The van der Waals surface area contributed by atoms with E-state index in [-0.39, 0.29) is 0 Å². The molecule has 0 atom stereocenters. The number of likely N-dealkylation sites (N-methyl/N-ethyl adjacent to an activating group) is 1. The molecular formula is C16H20N4. The second-order valence-electron chi connectivity index (χ2n) is 4.66. The number of hydrogen-bond donors (Lipinski definition) is 0. The van der Waals surface area contributed by atoms with Crippen molar-refractivity contribution in [2.75, 3.05) is 19.6 Å². The van der Waals surface area contributed by atoms with E-state index in [1.165, 1.54) is 0 Å². The second-order valence-corrected chi connectivity index (χ2v) is 4.66. The van der Waals surface area contributed by atoms with Crippen molar-refractivity contribution in [1.29, 1.82) is 5.26 Å². The van der Waals surface area contributed by atoms with Crippen molar-refractivity contribution in [2.24, 2.45) is 0 Å². The molecule has 2 aromatic rings. The van der Waals surface area contributed by atoms with Gasteiger partial charge in [0.1, 0.15) is 5.82 Å². The molecule has 1 heterocycles. The standard InChI is InChI=1S/C16H20N4/c1-3-19(4-2)10-11-20-9-8-18-16(20)15-7-5-6-14(12-15)13-17/h5-9,12H,3-4,10-11H2,1-2H3. The quantitative estimate of drug-likeness (QED) is 0.809. The smallest absolute Gasteiger partial charge is 0.139 e. The molecule has 0 unspecified atom stereocenters. The highest BCUT2D eigenvalue weighted by atomic mass is 15.2. The van der Waals surface area contributed by atoms with Gasteiger partial charge in [0.05, 0.1) is 11.6 Å². The zero-order chi connectivity index (χ0) is 14.4. The summed E-state index contributed by atoms with van der Waals surface area (Å²) in [4.78, 5) is 6.81. The molecule has 2 rings (SSSR count). The molecule has 1 aromatic heterocycles. The Morgan fingerprint density at radius 2 is 2.10 bits per heavy atom. The van der Waals surface area contributed by atoms with Crippen LogP contribution in [-0.2, 0) is 6.54 Å². The summed E-state index contributed by atoms with van der Waals surface area (Å²) in [5, 5.41) is 8.98. The Morgan fingerprint density at radius 1 is 1.30 bits per heavy atom.